The fourth-order valence-electron chi connectivity index (χ4n) is 3.43. The fourth-order valence-corrected chi connectivity index (χ4v) is 3.43. The molecule has 9 heteroatoms. The number of nitrogens with one attached hydrogen (secondary N) is 1. The van der Waals surface area contributed by atoms with Gasteiger partial charge in [-0.2, -0.15) is 0 Å². The molecule has 0 saturated carbocycles. The minimum Gasteiger partial charge on any atom is -0.497 e. The number of non-ortho nitro benzene ring substituents is 1. The summed E-state index contributed by atoms with van der Waals surface area (Å²) in [5.74, 6) is -0.392. The Morgan fingerprint density at radius 1 is 1.07 bits per heavy atom. The molecule has 0 unspecified atom stereocenters. The summed E-state index contributed by atoms with van der Waals surface area (Å²) in [5, 5.41) is 14.1. The molecule has 0 radical (unpaired) electrons. The molecule has 0 aromatic heterocycles. The first kappa shape index (κ1) is 21.1. The minimum atomic E-state index is -0.736. The lowest BCUT2D eigenvalue weighted by Gasteiger charge is -2.34. The van der Waals surface area contributed by atoms with Crippen LogP contribution >= 0.6 is 0 Å². The average Bonchev–Trinajstić information content (AvgIpc) is 2.78. The lowest BCUT2D eigenvalue weighted by Crippen LogP contribution is -2.44. The second-order valence-electron chi connectivity index (χ2n) is 6.95. The quantitative estimate of drug-likeness (QED) is 0.440. The minimum absolute atomic E-state index is 0.0359. The van der Waals surface area contributed by atoms with Crippen molar-refractivity contribution in [2.75, 3.05) is 32.2 Å². The van der Waals surface area contributed by atoms with E-state index in [0.717, 1.165) is 49.5 Å². The summed E-state index contributed by atoms with van der Waals surface area (Å²) >= 11 is 0. The van der Waals surface area contributed by atoms with Crippen molar-refractivity contribution in [2.24, 2.45) is 0 Å². The molecule has 0 bridgehead atoms. The number of carbonyl (C=O) groups excluding carboxylic acids is 2. The van der Waals surface area contributed by atoms with Crippen LogP contribution in [-0.4, -0.2) is 50.2 Å². The number of carbonyl (C=O) groups is 2. The van der Waals surface area contributed by atoms with Crippen molar-refractivity contribution in [1.82, 2.24) is 5.32 Å². The number of esters is 1. The molecule has 2 aromatic rings. The van der Waals surface area contributed by atoms with E-state index in [2.05, 4.69) is 15.0 Å². The second-order valence-corrected chi connectivity index (χ2v) is 6.95. The second kappa shape index (κ2) is 9.25. The molecule has 3 rings (SSSR count). The van der Waals surface area contributed by atoms with Crippen molar-refractivity contribution in [3.63, 3.8) is 0 Å². The van der Waals surface area contributed by atoms with E-state index in [4.69, 9.17) is 4.74 Å². The summed E-state index contributed by atoms with van der Waals surface area (Å²) in [7, 11) is 2.80. The molecule has 30 heavy (non-hydrogen) atoms. The molecule has 1 saturated heterocycles. The summed E-state index contributed by atoms with van der Waals surface area (Å²) in [5.41, 5.74) is 0.771. The predicted molar refractivity (Wildman–Crippen MR) is 110 cm³/mol. The van der Waals surface area contributed by atoms with Crippen LogP contribution in [-0.2, 0) is 4.74 Å². The number of piperidine rings is 1. The van der Waals surface area contributed by atoms with Crippen LogP contribution in [0.2, 0.25) is 0 Å². The van der Waals surface area contributed by atoms with Crippen LogP contribution in [0.3, 0.4) is 0 Å². The third-order valence-corrected chi connectivity index (χ3v) is 5.08. The van der Waals surface area contributed by atoms with E-state index in [1.807, 2.05) is 24.3 Å². The molecule has 1 aliphatic rings. The van der Waals surface area contributed by atoms with Crippen molar-refractivity contribution >= 4 is 23.3 Å². The summed E-state index contributed by atoms with van der Waals surface area (Å²) in [6.45, 7) is 1.53. The Bertz CT molecular complexity index is 936. The first-order valence-corrected chi connectivity index (χ1v) is 9.49. The van der Waals surface area contributed by atoms with Crippen molar-refractivity contribution < 1.29 is 24.0 Å². The Labute approximate surface area is 173 Å². The van der Waals surface area contributed by atoms with Gasteiger partial charge in [-0.25, -0.2) is 4.79 Å². The van der Waals surface area contributed by atoms with Gasteiger partial charge in [-0.3, -0.25) is 14.9 Å². The Kier molecular flexibility index (Phi) is 6.51. The Morgan fingerprint density at radius 2 is 1.70 bits per heavy atom. The van der Waals surface area contributed by atoms with Gasteiger partial charge in [0.1, 0.15) is 5.75 Å². The zero-order valence-electron chi connectivity index (χ0n) is 16.8. The van der Waals surface area contributed by atoms with Crippen LogP contribution in [0.25, 0.3) is 0 Å². The maximum Gasteiger partial charge on any atom is 0.338 e. The predicted octanol–water partition coefficient (Wildman–Crippen LogP) is 2.79. The molecule has 0 spiro atoms. The maximum atomic E-state index is 12.7. The van der Waals surface area contributed by atoms with Crippen molar-refractivity contribution in [1.29, 1.82) is 0 Å². The highest BCUT2D eigenvalue weighted by atomic mass is 16.6. The summed E-state index contributed by atoms with van der Waals surface area (Å²) < 4.78 is 9.79. The molecule has 0 atom stereocenters. The summed E-state index contributed by atoms with van der Waals surface area (Å²) in [6.07, 6.45) is 1.47. The molecule has 1 N–H and O–H groups in total. The van der Waals surface area contributed by atoms with Crippen LogP contribution < -0.4 is 15.0 Å². The van der Waals surface area contributed by atoms with Crippen molar-refractivity contribution in [3.8, 4) is 5.75 Å². The van der Waals surface area contributed by atoms with Crippen LogP contribution in [0.5, 0.6) is 5.75 Å². The number of ether oxygens (including phenoxy) is 2. The molecule has 0 aliphatic carbocycles. The van der Waals surface area contributed by atoms with Gasteiger partial charge in [-0.15, -0.1) is 0 Å². The first-order chi connectivity index (χ1) is 14.4. The molecule has 1 aliphatic heterocycles. The number of nitrogens with zero attached hydrogens (tertiary/aromatic N) is 2. The molecular weight excluding hydrogens is 390 g/mol. The molecule has 158 valence electrons. The Morgan fingerprint density at radius 3 is 2.27 bits per heavy atom. The number of nitro groups is 1. The van der Waals surface area contributed by atoms with E-state index < -0.39 is 16.8 Å². The van der Waals surface area contributed by atoms with Gasteiger partial charge in [0.2, 0.25) is 0 Å². The van der Waals surface area contributed by atoms with Gasteiger partial charge in [0.15, 0.2) is 0 Å². The van der Waals surface area contributed by atoms with Gasteiger partial charge in [-0.1, -0.05) is 0 Å². The van der Waals surface area contributed by atoms with E-state index in [-0.39, 0.29) is 22.9 Å². The number of nitro benzene ring substituents is 1. The van der Waals surface area contributed by atoms with Gasteiger partial charge in [0, 0.05) is 42.5 Å². The molecule has 1 fully saturated rings. The third-order valence-electron chi connectivity index (χ3n) is 5.08. The van der Waals surface area contributed by atoms with E-state index in [1.54, 1.807) is 7.11 Å². The van der Waals surface area contributed by atoms with Gasteiger partial charge < -0.3 is 19.7 Å². The fraction of sp³-hybridized carbons (Fsp3) is 0.333. The monoisotopic (exact) mass is 413 g/mol. The normalized spacial score (nSPS) is 14.1. The standard InChI is InChI=1S/C21H23N3O6/c1-29-19-5-3-17(4-6-19)23-9-7-16(8-10-23)22-20(25)14-11-15(21(26)30-2)13-18(12-14)24(27)28/h3-6,11-13,16H,7-10H2,1-2H3,(H,22,25). The summed E-state index contributed by atoms with van der Waals surface area (Å²) in [4.78, 5) is 37.2. The van der Waals surface area contributed by atoms with Gasteiger partial charge in [-0.05, 0) is 43.2 Å². The zero-order valence-corrected chi connectivity index (χ0v) is 16.8. The Hall–Kier alpha value is -3.62. The lowest BCUT2D eigenvalue weighted by molar-refractivity contribution is -0.384. The Balaban J connectivity index is 1.64. The van der Waals surface area contributed by atoms with Gasteiger partial charge >= 0.3 is 5.97 Å². The molecule has 9 nitrogen and oxygen atoms in total. The topological polar surface area (TPSA) is 111 Å². The van der Waals surface area contributed by atoms with E-state index in [9.17, 15) is 19.7 Å². The van der Waals surface area contributed by atoms with E-state index in [1.165, 1.54) is 13.2 Å². The largest absolute Gasteiger partial charge is 0.497 e. The summed E-state index contributed by atoms with van der Waals surface area (Å²) in [6, 6.07) is 11.3. The van der Waals surface area contributed by atoms with Gasteiger partial charge in [0.05, 0.1) is 24.7 Å². The number of benzene rings is 2. The van der Waals surface area contributed by atoms with E-state index in [0.29, 0.717) is 0 Å². The molecular formula is C21H23N3O6. The highest BCUT2D eigenvalue weighted by Crippen LogP contribution is 2.23. The number of hydrogen-bond acceptors (Lipinski definition) is 7. The van der Waals surface area contributed by atoms with Crippen LogP contribution in [0.15, 0.2) is 42.5 Å². The lowest BCUT2D eigenvalue weighted by atomic mass is 10.0. The molecule has 1 heterocycles. The van der Waals surface area contributed by atoms with Crippen LogP contribution in [0.4, 0.5) is 11.4 Å². The number of methoxy groups -OCH3 is 2. The smallest absolute Gasteiger partial charge is 0.338 e. The average molecular weight is 413 g/mol. The number of anilines is 1. The van der Waals surface area contributed by atoms with E-state index >= 15 is 0 Å². The van der Waals surface area contributed by atoms with Gasteiger partial charge in [0.25, 0.3) is 11.6 Å². The highest BCUT2D eigenvalue weighted by Gasteiger charge is 2.23. The number of amides is 1. The van der Waals surface area contributed by atoms with Crippen molar-refractivity contribution in [3.05, 3.63) is 63.7 Å². The van der Waals surface area contributed by atoms with Crippen LogP contribution in [0.1, 0.15) is 33.6 Å². The third kappa shape index (κ3) is 4.86. The molecule has 2 aromatic carbocycles. The SMILES string of the molecule is COC(=O)c1cc(C(=O)NC2CCN(c3ccc(OC)cc3)CC2)cc([N+](=O)[O-])c1. The number of hydrogen-bond donors (Lipinski definition) is 1. The zero-order chi connectivity index (χ0) is 21.7. The molecule has 1 amide bonds. The van der Waals surface area contributed by atoms with Crippen molar-refractivity contribution in [2.45, 2.75) is 18.9 Å². The first-order valence-electron chi connectivity index (χ1n) is 9.49. The highest BCUT2D eigenvalue weighted by molar-refractivity contribution is 5.99. The van der Waals surface area contributed by atoms with Crippen LogP contribution in [0, 0.1) is 10.1 Å². The maximum absolute atomic E-state index is 12.7. The number of rotatable bonds is 6.